The van der Waals surface area contributed by atoms with Crippen LogP contribution in [0.1, 0.15) is 45.0 Å². The molecule has 1 aromatic carbocycles. The number of para-hydroxylation sites is 1. The highest BCUT2D eigenvalue weighted by Crippen LogP contribution is 2.40. The van der Waals surface area contributed by atoms with Gasteiger partial charge in [0.25, 0.3) is 5.91 Å². The summed E-state index contributed by atoms with van der Waals surface area (Å²) in [5, 5.41) is 5.10. The Balaban J connectivity index is 1.63. The quantitative estimate of drug-likeness (QED) is 0.651. The van der Waals surface area contributed by atoms with Gasteiger partial charge in [-0.25, -0.2) is 9.67 Å². The van der Waals surface area contributed by atoms with Crippen LogP contribution in [0.2, 0.25) is 5.02 Å². The van der Waals surface area contributed by atoms with E-state index in [-0.39, 0.29) is 11.7 Å². The molecule has 1 saturated carbocycles. The molecule has 4 rings (SSSR count). The maximum atomic E-state index is 12.8. The summed E-state index contributed by atoms with van der Waals surface area (Å²) in [7, 11) is 1.78. The number of halogens is 1. The number of benzene rings is 1. The lowest BCUT2D eigenvalue weighted by Crippen LogP contribution is -2.27. The first kappa shape index (κ1) is 17.2. The van der Waals surface area contributed by atoms with Crippen LogP contribution < -0.4 is 0 Å². The molecule has 134 valence electrons. The predicted octanol–water partition coefficient (Wildman–Crippen LogP) is 4.44. The van der Waals surface area contributed by atoms with Crippen LogP contribution in [0.15, 0.2) is 36.4 Å². The predicted molar refractivity (Wildman–Crippen MR) is 103 cm³/mol. The van der Waals surface area contributed by atoms with Gasteiger partial charge in [0, 0.05) is 22.7 Å². The normalized spacial score (nSPS) is 13.8. The van der Waals surface area contributed by atoms with Crippen molar-refractivity contribution < 1.29 is 4.79 Å². The summed E-state index contributed by atoms with van der Waals surface area (Å²) in [4.78, 5) is 21.4. The Morgan fingerprint density at radius 3 is 2.73 bits per heavy atom. The summed E-state index contributed by atoms with van der Waals surface area (Å²) in [5.41, 5.74) is 0.763. The highest BCUT2D eigenvalue weighted by molar-refractivity contribution is 7.11. The Kier molecular flexibility index (Phi) is 4.54. The van der Waals surface area contributed by atoms with Crippen LogP contribution in [0.5, 0.6) is 0 Å². The van der Waals surface area contributed by atoms with E-state index in [2.05, 4.69) is 29.1 Å². The first-order chi connectivity index (χ1) is 12.5. The molecule has 2 heterocycles. The van der Waals surface area contributed by atoms with Gasteiger partial charge in [-0.1, -0.05) is 23.7 Å². The van der Waals surface area contributed by atoms with Gasteiger partial charge >= 0.3 is 0 Å². The molecule has 1 aliphatic carbocycles. The minimum atomic E-state index is -0.177. The molecule has 0 radical (unpaired) electrons. The zero-order valence-corrected chi connectivity index (χ0v) is 16.2. The second kappa shape index (κ2) is 6.85. The summed E-state index contributed by atoms with van der Waals surface area (Å²) >= 11 is 8.03. The monoisotopic (exact) mass is 386 g/mol. The lowest BCUT2D eigenvalue weighted by molar-refractivity contribution is 0.0774. The molecule has 2 aromatic heterocycles. The molecule has 0 bridgehead atoms. The molecule has 0 N–H and O–H groups in total. The molecule has 0 aliphatic heterocycles. The van der Waals surface area contributed by atoms with Gasteiger partial charge in [-0.3, -0.25) is 4.79 Å². The Morgan fingerprint density at radius 1 is 1.31 bits per heavy atom. The molecule has 0 saturated heterocycles. The van der Waals surface area contributed by atoms with Gasteiger partial charge in [0.2, 0.25) is 5.82 Å². The van der Waals surface area contributed by atoms with E-state index in [1.54, 1.807) is 28.0 Å². The summed E-state index contributed by atoms with van der Waals surface area (Å²) in [6, 6.07) is 11.6. The van der Waals surface area contributed by atoms with Crippen molar-refractivity contribution in [2.24, 2.45) is 0 Å². The van der Waals surface area contributed by atoms with Crippen molar-refractivity contribution in [1.29, 1.82) is 0 Å². The van der Waals surface area contributed by atoms with Crippen LogP contribution in [-0.2, 0) is 6.54 Å². The molecule has 0 unspecified atom stereocenters. The number of hydrogen-bond acceptors (Lipinski definition) is 4. The van der Waals surface area contributed by atoms with E-state index >= 15 is 0 Å². The second-order valence-electron chi connectivity index (χ2n) is 6.60. The lowest BCUT2D eigenvalue weighted by Gasteiger charge is -2.13. The van der Waals surface area contributed by atoms with E-state index < -0.39 is 0 Å². The van der Waals surface area contributed by atoms with Crippen LogP contribution >= 0.6 is 22.9 Å². The average Bonchev–Trinajstić information content (AvgIpc) is 3.25. The minimum Gasteiger partial charge on any atom is -0.334 e. The second-order valence-corrected chi connectivity index (χ2v) is 8.38. The zero-order chi connectivity index (χ0) is 18.3. The summed E-state index contributed by atoms with van der Waals surface area (Å²) in [5.74, 6) is 1.22. The van der Waals surface area contributed by atoms with Crippen molar-refractivity contribution in [3.63, 3.8) is 0 Å². The Bertz CT molecular complexity index is 960. The van der Waals surface area contributed by atoms with E-state index in [1.807, 2.05) is 24.3 Å². The number of rotatable bonds is 5. The molecule has 7 heteroatoms. The largest absolute Gasteiger partial charge is 0.334 e. The lowest BCUT2D eigenvalue weighted by atomic mass is 10.3. The van der Waals surface area contributed by atoms with Crippen LogP contribution in [0.3, 0.4) is 0 Å². The van der Waals surface area contributed by atoms with Gasteiger partial charge in [0.15, 0.2) is 0 Å². The van der Waals surface area contributed by atoms with Crippen LogP contribution in [0.25, 0.3) is 5.69 Å². The fraction of sp³-hybridized carbons (Fsp3) is 0.316. The first-order valence-electron chi connectivity index (χ1n) is 8.55. The third-order valence-electron chi connectivity index (χ3n) is 4.38. The summed E-state index contributed by atoms with van der Waals surface area (Å²) in [6.07, 6.45) is 2.14. The van der Waals surface area contributed by atoms with Crippen molar-refractivity contribution in [2.45, 2.75) is 32.2 Å². The van der Waals surface area contributed by atoms with E-state index in [0.29, 0.717) is 17.5 Å². The molecular weight excluding hydrogens is 368 g/mol. The fourth-order valence-corrected chi connectivity index (χ4v) is 4.03. The SMILES string of the molecule is Cc1ccc(CN(C)C(=O)c2nc(C3CC3)n(-c3ccccc3Cl)n2)s1. The molecule has 0 atom stereocenters. The van der Waals surface area contributed by atoms with Gasteiger partial charge < -0.3 is 4.90 Å². The van der Waals surface area contributed by atoms with Crippen LogP contribution in [0.4, 0.5) is 0 Å². The number of carbonyl (C=O) groups is 1. The molecule has 1 aliphatic rings. The standard InChI is InChI=1S/C19H19ClN4OS/c1-12-7-10-14(26-12)11-23(2)19(25)17-21-18(13-8-9-13)24(22-17)16-6-4-3-5-15(16)20/h3-7,10,13H,8-9,11H2,1-2H3. The number of carbonyl (C=O) groups excluding carboxylic acids is 1. The highest BCUT2D eigenvalue weighted by Gasteiger charge is 2.32. The number of nitrogens with zero attached hydrogens (tertiary/aromatic N) is 4. The van der Waals surface area contributed by atoms with Crippen molar-refractivity contribution in [2.75, 3.05) is 7.05 Å². The molecule has 5 nitrogen and oxygen atoms in total. The number of thiophene rings is 1. The van der Waals surface area contributed by atoms with Crippen LogP contribution in [0, 0.1) is 6.92 Å². The average molecular weight is 387 g/mol. The van der Waals surface area contributed by atoms with E-state index in [9.17, 15) is 4.79 Å². The molecule has 1 amide bonds. The van der Waals surface area contributed by atoms with Crippen molar-refractivity contribution >= 4 is 28.8 Å². The van der Waals surface area contributed by atoms with Crippen LogP contribution in [-0.4, -0.2) is 32.6 Å². The molecule has 3 aromatic rings. The number of aromatic nitrogens is 3. The van der Waals surface area contributed by atoms with Crippen molar-refractivity contribution in [3.8, 4) is 5.69 Å². The Morgan fingerprint density at radius 2 is 2.08 bits per heavy atom. The zero-order valence-electron chi connectivity index (χ0n) is 14.6. The number of amides is 1. The van der Waals surface area contributed by atoms with Gasteiger partial charge in [0.1, 0.15) is 5.82 Å². The third-order valence-corrected chi connectivity index (χ3v) is 5.69. The first-order valence-corrected chi connectivity index (χ1v) is 9.75. The van der Waals surface area contributed by atoms with E-state index in [0.717, 1.165) is 29.2 Å². The molecule has 1 fully saturated rings. The molecular formula is C19H19ClN4OS. The number of hydrogen-bond donors (Lipinski definition) is 0. The van der Waals surface area contributed by atoms with Gasteiger partial charge in [-0.15, -0.1) is 16.4 Å². The summed E-state index contributed by atoms with van der Waals surface area (Å²) < 4.78 is 1.73. The van der Waals surface area contributed by atoms with Gasteiger partial charge in [-0.2, -0.15) is 0 Å². The smallest absolute Gasteiger partial charge is 0.293 e. The number of aryl methyl sites for hydroxylation is 1. The maximum absolute atomic E-state index is 12.8. The van der Waals surface area contributed by atoms with E-state index in [1.165, 1.54) is 4.88 Å². The molecule has 26 heavy (non-hydrogen) atoms. The van der Waals surface area contributed by atoms with Crippen molar-refractivity contribution in [1.82, 2.24) is 19.7 Å². The third kappa shape index (κ3) is 3.39. The Hall–Kier alpha value is -2.18. The van der Waals surface area contributed by atoms with Gasteiger partial charge in [0.05, 0.1) is 17.3 Å². The minimum absolute atomic E-state index is 0.177. The fourth-order valence-electron chi connectivity index (χ4n) is 2.87. The molecule has 0 spiro atoms. The highest BCUT2D eigenvalue weighted by atomic mass is 35.5. The maximum Gasteiger partial charge on any atom is 0.293 e. The topological polar surface area (TPSA) is 51.0 Å². The van der Waals surface area contributed by atoms with Gasteiger partial charge in [-0.05, 0) is 44.0 Å². The van der Waals surface area contributed by atoms with E-state index in [4.69, 9.17) is 11.6 Å². The Labute approximate surface area is 161 Å². The van der Waals surface area contributed by atoms with Crippen molar-refractivity contribution in [3.05, 3.63) is 62.8 Å². The summed E-state index contributed by atoms with van der Waals surface area (Å²) in [6.45, 7) is 2.61.